The first-order valence-electron chi connectivity index (χ1n) is 9.94. The molecule has 29 heavy (non-hydrogen) atoms. The number of benzene rings is 1. The summed E-state index contributed by atoms with van der Waals surface area (Å²) in [6.07, 6.45) is 2.05. The van der Waals surface area contributed by atoms with Gasteiger partial charge in [-0.25, -0.2) is 15.0 Å². The van der Waals surface area contributed by atoms with Gasteiger partial charge < -0.3 is 14.0 Å². The molecule has 0 radical (unpaired) electrons. The zero-order chi connectivity index (χ0) is 20.0. The Labute approximate surface area is 167 Å². The summed E-state index contributed by atoms with van der Waals surface area (Å²) >= 11 is 0. The first-order valence-corrected chi connectivity index (χ1v) is 9.94. The summed E-state index contributed by atoms with van der Waals surface area (Å²) < 4.78 is 14.7. The number of hydrogen-bond acceptors (Lipinski definition) is 6. The van der Waals surface area contributed by atoms with Crippen LogP contribution >= 0.6 is 0 Å². The maximum absolute atomic E-state index is 13.5. The van der Waals surface area contributed by atoms with Crippen molar-refractivity contribution in [1.29, 1.82) is 0 Å². The molecule has 1 aliphatic rings. The number of aryl methyl sites for hydroxylation is 1. The summed E-state index contributed by atoms with van der Waals surface area (Å²) in [6.45, 7) is 4.17. The van der Waals surface area contributed by atoms with E-state index in [0.29, 0.717) is 47.7 Å². The second-order valence-electron chi connectivity index (χ2n) is 7.44. The molecule has 5 rings (SSSR count). The van der Waals surface area contributed by atoms with Crippen LogP contribution in [-0.4, -0.2) is 50.5 Å². The normalized spacial score (nSPS) is 17.1. The summed E-state index contributed by atoms with van der Waals surface area (Å²) in [4.78, 5) is 27.9. The van der Waals surface area contributed by atoms with Gasteiger partial charge in [0, 0.05) is 20.3 Å². The van der Waals surface area contributed by atoms with Crippen LogP contribution < -0.4 is 5.56 Å². The molecule has 1 saturated heterocycles. The Kier molecular flexibility index (Phi) is 4.52. The van der Waals surface area contributed by atoms with E-state index in [9.17, 15) is 4.79 Å². The summed E-state index contributed by atoms with van der Waals surface area (Å²) in [7, 11) is 1.65. The van der Waals surface area contributed by atoms with Crippen molar-refractivity contribution in [2.75, 3.05) is 20.3 Å². The molecule has 4 heterocycles. The smallest absolute Gasteiger partial charge is 0.265 e. The maximum Gasteiger partial charge on any atom is 0.265 e. The SMILES string of the molecule is COCCn1c2nc3ccccc3nc2c2c(=O)n(C[C@@H]3CCCO3)c(C)nc21. The molecule has 3 aromatic heterocycles. The van der Waals surface area contributed by atoms with Gasteiger partial charge in [-0.2, -0.15) is 0 Å². The van der Waals surface area contributed by atoms with E-state index in [-0.39, 0.29) is 11.7 Å². The number of para-hydroxylation sites is 2. The highest BCUT2D eigenvalue weighted by molar-refractivity contribution is 6.04. The lowest BCUT2D eigenvalue weighted by Crippen LogP contribution is -2.29. The van der Waals surface area contributed by atoms with Crippen molar-refractivity contribution in [2.24, 2.45) is 0 Å². The minimum Gasteiger partial charge on any atom is -0.383 e. The van der Waals surface area contributed by atoms with Crippen LogP contribution in [0.4, 0.5) is 0 Å². The van der Waals surface area contributed by atoms with Crippen LogP contribution in [0.25, 0.3) is 33.2 Å². The highest BCUT2D eigenvalue weighted by Crippen LogP contribution is 2.25. The zero-order valence-corrected chi connectivity index (χ0v) is 16.6. The van der Waals surface area contributed by atoms with Crippen molar-refractivity contribution >= 4 is 33.2 Å². The Bertz CT molecular complexity index is 1270. The van der Waals surface area contributed by atoms with Crippen LogP contribution in [-0.2, 0) is 22.6 Å². The maximum atomic E-state index is 13.5. The summed E-state index contributed by atoms with van der Waals surface area (Å²) in [5, 5.41) is 0.512. The Morgan fingerprint density at radius 2 is 1.93 bits per heavy atom. The zero-order valence-electron chi connectivity index (χ0n) is 16.6. The van der Waals surface area contributed by atoms with Gasteiger partial charge >= 0.3 is 0 Å². The summed E-state index contributed by atoms with van der Waals surface area (Å²) in [6, 6.07) is 7.69. The van der Waals surface area contributed by atoms with E-state index in [2.05, 4.69) is 0 Å². The molecule has 0 spiro atoms. The highest BCUT2D eigenvalue weighted by Gasteiger charge is 2.23. The van der Waals surface area contributed by atoms with Crippen molar-refractivity contribution in [2.45, 2.75) is 39.0 Å². The predicted octanol–water partition coefficient (Wildman–Crippen LogP) is 2.43. The number of ether oxygens (including phenoxy) is 2. The van der Waals surface area contributed by atoms with E-state index >= 15 is 0 Å². The lowest BCUT2D eigenvalue weighted by atomic mass is 10.2. The first-order chi connectivity index (χ1) is 14.2. The molecular formula is C21H23N5O3. The Balaban J connectivity index is 1.81. The Hall–Kier alpha value is -2.84. The van der Waals surface area contributed by atoms with E-state index in [1.54, 1.807) is 11.7 Å². The average molecular weight is 393 g/mol. The minimum absolute atomic E-state index is 0.0550. The standard InChI is InChI=1S/C21H23N5O3/c1-13-22-19-17(21(27)26(13)12-14-6-5-10-29-14)18-20(25(19)9-11-28-2)24-16-8-4-3-7-15(16)23-18/h3-4,7-8,14H,5-6,9-12H2,1-2H3/t14-/m0/s1. The van der Waals surface area contributed by atoms with Gasteiger partial charge in [0.15, 0.2) is 11.3 Å². The first kappa shape index (κ1) is 18.2. The molecule has 0 aliphatic carbocycles. The number of fused-ring (bicyclic) bond motifs is 4. The van der Waals surface area contributed by atoms with Gasteiger partial charge in [0.25, 0.3) is 5.56 Å². The molecular weight excluding hydrogens is 370 g/mol. The predicted molar refractivity (Wildman–Crippen MR) is 110 cm³/mol. The van der Waals surface area contributed by atoms with Gasteiger partial charge in [-0.15, -0.1) is 0 Å². The summed E-state index contributed by atoms with van der Waals surface area (Å²) in [5.74, 6) is 0.670. The molecule has 0 amide bonds. The van der Waals surface area contributed by atoms with Crippen LogP contribution in [0.5, 0.6) is 0 Å². The monoisotopic (exact) mass is 393 g/mol. The van der Waals surface area contributed by atoms with Crippen molar-refractivity contribution in [3.8, 4) is 0 Å². The van der Waals surface area contributed by atoms with Crippen molar-refractivity contribution in [3.63, 3.8) is 0 Å². The van der Waals surface area contributed by atoms with E-state index in [1.165, 1.54) is 0 Å². The van der Waals surface area contributed by atoms with Crippen LogP contribution in [0.2, 0.25) is 0 Å². The van der Waals surface area contributed by atoms with Crippen LogP contribution in [0.15, 0.2) is 29.1 Å². The lowest BCUT2D eigenvalue weighted by Gasteiger charge is -2.14. The van der Waals surface area contributed by atoms with Gasteiger partial charge in [-0.05, 0) is 31.9 Å². The Morgan fingerprint density at radius 3 is 2.66 bits per heavy atom. The lowest BCUT2D eigenvalue weighted by molar-refractivity contribution is 0.0955. The largest absolute Gasteiger partial charge is 0.383 e. The highest BCUT2D eigenvalue weighted by atomic mass is 16.5. The van der Waals surface area contributed by atoms with Crippen LogP contribution in [0.1, 0.15) is 18.7 Å². The fourth-order valence-electron chi connectivity index (χ4n) is 4.10. The van der Waals surface area contributed by atoms with E-state index in [4.69, 9.17) is 24.4 Å². The number of rotatable bonds is 5. The van der Waals surface area contributed by atoms with Crippen LogP contribution in [0, 0.1) is 6.92 Å². The number of nitrogens with zero attached hydrogens (tertiary/aromatic N) is 5. The van der Waals surface area contributed by atoms with Gasteiger partial charge in [0.2, 0.25) is 0 Å². The number of hydrogen-bond donors (Lipinski definition) is 0. The third kappa shape index (κ3) is 2.99. The van der Waals surface area contributed by atoms with Crippen molar-refractivity contribution in [1.82, 2.24) is 24.1 Å². The average Bonchev–Trinajstić information content (AvgIpc) is 3.34. The van der Waals surface area contributed by atoms with Gasteiger partial charge in [-0.1, -0.05) is 12.1 Å². The van der Waals surface area contributed by atoms with Gasteiger partial charge in [0.1, 0.15) is 16.7 Å². The number of aromatic nitrogens is 5. The second kappa shape index (κ2) is 7.20. The van der Waals surface area contributed by atoms with Gasteiger partial charge in [-0.3, -0.25) is 9.36 Å². The van der Waals surface area contributed by atoms with Gasteiger partial charge in [0.05, 0.1) is 30.3 Å². The van der Waals surface area contributed by atoms with Crippen LogP contribution in [0.3, 0.4) is 0 Å². The second-order valence-corrected chi connectivity index (χ2v) is 7.44. The number of methoxy groups -OCH3 is 1. The molecule has 0 saturated carbocycles. The molecule has 0 bridgehead atoms. The molecule has 1 atom stereocenters. The topological polar surface area (TPSA) is 84.1 Å². The van der Waals surface area contributed by atoms with Crippen molar-refractivity contribution in [3.05, 3.63) is 40.4 Å². The van der Waals surface area contributed by atoms with E-state index < -0.39 is 0 Å². The molecule has 1 aromatic carbocycles. The molecule has 8 nitrogen and oxygen atoms in total. The molecule has 1 aliphatic heterocycles. The molecule has 4 aromatic rings. The quantitative estimate of drug-likeness (QED) is 0.518. The van der Waals surface area contributed by atoms with Crippen molar-refractivity contribution < 1.29 is 9.47 Å². The fourth-order valence-corrected chi connectivity index (χ4v) is 4.10. The van der Waals surface area contributed by atoms with E-state index in [0.717, 1.165) is 30.5 Å². The molecule has 150 valence electrons. The molecule has 0 unspecified atom stereocenters. The molecule has 8 heteroatoms. The molecule has 0 N–H and O–H groups in total. The minimum atomic E-state index is -0.0891. The molecule has 1 fully saturated rings. The summed E-state index contributed by atoms with van der Waals surface area (Å²) in [5.41, 5.74) is 3.32. The third-order valence-electron chi connectivity index (χ3n) is 5.57. The fraction of sp³-hybridized carbons (Fsp3) is 0.429. The third-order valence-corrected chi connectivity index (χ3v) is 5.57. The van der Waals surface area contributed by atoms with E-state index in [1.807, 2.05) is 35.8 Å². The Morgan fingerprint density at radius 1 is 1.14 bits per heavy atom.